The van der Waals surface area contributed by atoms with Gasteiger partial charge in [-0.2, -0.15) is 0 Å². The molecule has 1 saturated heterocycles. The minimum absolute atomic E-state index is 0.131. The van der Waals surface area contributed by atoms with Crippen LogP contribution in [-0.4, -0.2) is 36.2 Å². The van der Waals surface area contributed by atoms with Crippen molar-refractivity contribution in [1.82, 2.24) is 0 Å². The van der Waals surface area contributed by atoms with Crippen LogP contribution >= 0.6 is 0 Å². The fraction of sp³-hybridized carbons (Fsp3) is 0.441. The summed E-state index contributed by atoms with van der Waals surface area (Å²) >= 11 is 0. The van der Waals surface area contributed by atoms with Crippen LogP contribution in [0.1, 0.15) is 94.5 Å². The Balaban J connectivity index is 1.54. The highest BCUT2D eigenvalue weighted by Gasteiger charge is 2.35. The maximum Gasteiger partial charge on any atom is 0.343 e. The Morgan fingerprint density at radius 3 is 2.27 bits per heavy atom. The quantitative estimate of drug-likeness (QED) is 0.0899. The van der Waals surface area contributed by atoms with E-state index in [4.69, 9.17) is 18.9 Å². The maximum atomic E-state index is 12.7. The number of ether oxygens (including phenoxy) is 4. The molecule has 0 saturated carbocycles. The van der Waals surface area contributed by atoms with E-state index >= 15 is 0 Å². The van der Waals surface area contributed by atoms with Gasteiger partial charge in [0.1, 0.15) is 23.7 Å². The molecule has 0 spiro atoms. The van der Waals surface area contributed by atoms with E-state index in [-0.39, 0.29) is 24.3 Å². The summed E-state index contributed by atoms with van der Waals surface area (Å²) in [7, 11) is 0. The second-order valence-electron chi connectivity index (χ2n) is 10.4. The average molecular weight is 563 g/mol. The van der Waals surface area contributed by atoms with Crippen LogP contribution in [0.5, 0.6) is 11.5 Å². The molecule has 0 bridgehead atoms. The first-order valence-electron chi connectivity index (χ1n) is 14.7. The maximum absolute atomic E-state index is 12.7. The minimum Gasteiger partial charge on any atom is -0.487 e. The molecule has 7 nitrogen and oxygen atoms in total. The van der Waals surface area contributed by atoms with Crippen molar-refractivity contribution in [2.45, 2.75) is 96.9 Å². The molecule has 1 heterocycles. The van der Waals surface area contributed by atoms with Crippen molar-refractivity contribution in [1.29, 1.82) is 0 Å². The smallest absolute Gasteiger partial charge is 0.343 e. The highest BCUT2D eigenvalue weighted by atomic mass is 16.6. The molecular formula is C34H42O7. The van der Waals surface area contributed by atoms with Gasteiger partial charge in [0.15, 0.2) is 0 Å². The molecule has 7 heteroatoms. The Bertz CT molecular complexity index is 1160. The molecular weight excluding hydrogens is 520 g/mol. The van der Waals surface area contributed by atoms with Gasteiger partial charge in [0, 0.05) is 18.1 Å². The van der Waals surface area contributed by atoms with Gasteiger partial charge in [0.2, 0.25) is 0 Å². The molecule has 2 aromatic rings. The summed E-state index contributed by atoms with van der Waals surface area (Å²) in [4.78, 5) is 36.4. The van der Waals surface area contributed by atoms with Gasteiger partial charge in [0.25, 0.3) is 0 Å². The molecule has 220 valence electrons. The van der Waals surface area contributed by atoms with Gasteiger partial charge in [-0.3, -0.25) is 0 Å². The number of hydrogen-bond donors (Lipinski definition) is 0. The first-order chi connectivity index (χ1) is 19.8. The van der Waals surface area contributed by atoms with Crippen LogP contribution in [-0.2, 0) is 19.1 Å². The first-order valence-corrected chi connectivity index (χ1v) is 14.7. The number of cyclic esters (lactones) is 1. The fourth-order valence-electron chi connectivity index (χ4n) is 4.39. The molecule has 3 atom stereocenters. The molecule has 1 aliphatic rings. The number of hydrogen-bond acceptors (Lipinski definition) is 7. The van der Waals surface area contributed by atoms with Crippen LogP contribution in [0.4, 0.5) is 0 Å². The standard InChI is InChI=1S/C34H42O7/c1-5-7-8-9-10-11-12-30(31-23-24(3)33(36)41-31)39-28-20-16-27(17-21-28)34(37)40-29-18-13-26(14-19-29)15-22-32(35)38-25(4)6-2/h13-22,25,30-31H,3,5-12,23H2,1-2,4H3/b22-15+. The Kier molecular flexibility index (Phi) is 12.7. The molecule has 1 fully saturated rings. The van der Waals surface area contributed by atoms with E-state index in [1.807, 2.05) is 13.8 Å². The molecule has 0 N–H and O–H groups in total. The van der Waals surface area contributed by atoms with Crippen LogP contribution in [0.25, 0.3) is 6.08 Å². The lowest BCUT2D eigenvalue weighted by molar-refractivity contribution is -0.143. The van der Waals surface area contributed by atoms with Crippen LogP contribution in [0.2, 0.25) is 0 Å². The SMILES string of the molecule is C=C1CC(C(CCCCCCCC)Oc2ccc(C(=O)Oc3ccc(/C=C/C(=O)OC(C)CC)cc3)cc2)OC1=O. The van der Waals surface area contributed by atoms with E-state index in [1.165, 1.54) is 31.8 Å². The molecule has 3 unspecified atom stereocenters. The minimum atomic E-state index is -0.498. The van der Waals surface area contributed by atoms with Crippen molar-refractivity contribution < 1.29 is 33.3 Å². The summed E-state index contributed by atoms with van der Waals surface area (Å²) in [6, 6.07) is 13.6. The van der Waals surface area contributed by atoms with Crippen molar-refractivity contribution in [3.8, 4) is 11.5 Å². The van der Waals surface area contributed by atoms with E-state index in [1.54, 1.807) is 54.6 Å². The number of carbonyl (C=O) groups is 3. The summed E-state index contributed by atoms with van der Waals surface area (Å²) in [6.07, 6.45) is 11.2. The number of carbonyl (C=O) groups excluding carboxylic acids is 3. The largest absolute Gasteiger partial charge is 0.487 e. The third-order valence-corrected chi connectivity index (χ3v) is 7.02. The van der Waals surface area contributed by atoms with Crippen LogP contribution < -0.4 is 9.47 Å². The van der Waals surface area contributed by atoms with E-state index in [2.05, 4.69) is 13.5 Å². The lowest BCUT2D eigenvalue weighted by Gasteiger charge is -2.24. The fourth-order valence-corrected chi connectivity index (χ4v) is 4.39. The summed E-state index contributed by atoms with van der Waals surface area (Å²) in [5.41, 5.74) is 1.62. The summed E-state index contributed by atoms with van der Waals surface area (Å²) in [6.45, 7) is 9.79. The lowest BCUT2D eigenvalue weighted by Crippen LogP contribution is -2.31. The summed E-state index contributed by atoms with van der Waals surface area (Å²) in [5.74, 6) is -0.281. The van der Waals surface area contributed by atoms with Gasteiger partial charge < -0.3 is 18.9 Å². The zero-order valence-electron chi connectivity index (χ0n) is 24.4. The van der Waals surface area contributed by atoms with Crippen LogP contribution in [0, 0.1) is 0 Å². The predicted molar refractivity (Wildman–Crippen MR) is 159 cm³/mol. The second kappa shape index (κ2) is 16.4. The number of rotatable bonds is 16. The predicted octanol–water partition coefficient (Wildman–Crippen LogP) is 7.63. The molecule has 41 heavy (non-hydrogen) atoms. The molecule has 2 aromatic carbocycles. The average Bonchev–Trinajstić information content (AvgIpc) is 3.31. The van der Waals surface area contributed by atoms with Crippen LogP contribution in [0.3, 0.4) is 0 Å². The van der Waals surface area contributed by atoms with Crippen LogP contribution in [0.15, 0.2) is 66.8 Å². The molecule has 0 aliphatic carbocycles. The van der Waals surface area contributed by atoms with E-state index in [0.717, 1.165) is 31.2 Å². The Hall–Kier alpha value is -3.87. The molecule has 0 aromatic heterocycles. The summed E-state index contributed by atoms with van der Waals surface area (Å²) in [5, 5.41) is 0. The first kappa shape index (κ1) is 31.7. The van der Waals surface area contributed by atoms with Crippen molar-refractivity contribution in [2.75, 3.05) is 0 Å². The summed E-state index contributed by atoms with van der Waals surface area (Å²) < 4.78 is 22.5. The second-order valence-corrected chi connectivity index (χ2v) is 10.4. The molecule has 3 rings (SSSR count). The normalized spacial score (nSPS) is 16.3. The molecule has 0 amide bonds. The van der Waals surface area contributed by atoms with E-state index in [0.29, 0.717) is 29.1 Å². The van der Waals surface area contributed by atoms with Gasteiger partial charge in [0.05, 0.1) is 11.7 Å². The highest BCUT2D eigenvalue weighted by molar-refractivity contribution is 5.91. The van der Waals surface area contributed by atoms with Gasteiger partial charge in [-0.1, -0.05) is 64.7 Å². The van der Waals surface area contributed by atoms with Crippen molar-refractivity contribution in [2.24, 2.45) is 0 Å². The molecule has 1 aliphatic heterocycles. The third kappa shape index (κ3) is 10.6. The third-order valence-electron chi connectivity index (χ3n) is 7.02. The zero-order chi connectivity index (χ0) is 29.6. The van der Waals surface area contributed by atoms with Gasteiger partial charge >= 0.3 is 17.9 Å². The highest BCUT2D eigenvalue weighted by Crippen LogP contribution is 2.28. The van der Waals surface area contributed by atoms with Crippen molar-refractivity contribution in [3.63, 3.8) is 0 Å². The van der Waals surface area contributed by atoms with Crippen molar-refractivity contribution >= 4 is 24.0 Å². The Labute approximate surface area is 243 Å². The monoisotopic (exact) mass is 562 g/mol. The Morgan fingerprint density at radius 1 is 0.976 bits per heavy atom. The Morgan fingerprint density at radius 2 is 1.63 bits per heavy atom. The van der Waals surface area contributed by atoms with E-state index < -0.39 is 11.9 Å². The van der Waals surface area contributed by atoms with Gasteiger partial charge in [-0.25, -0.2) is 14.4 Å². The van der Waals surface area contributed by atoms with Gasteiger partial charge in [-0.15, -0.1) is 0 Å². The van der Waals surface area contributed by atoms with Gasteiger partial charge in [-0.05, 0) is 74.2 Å². The molecule has 0 radical (unpaired) electrons. The lowest BCUT2D eigenvalue weighted by atomic mass is 10.0. The number of benzene rings is 2. The number of esters is 3. The zero-order valence-corrected chi connectivity index (χ0v) is 24.4. The number of unbranched alkanes of at least 4 members (excludes halogenated alkanes) is 5. The van der Waals surface area contributed by atoms with Crippen molar-refractivity contribution in [3.05, 3.63) is 77.9 Å². The van der Waals surface area contributed by atoms with E-state index in [9.17, 15) is 14.4 Å². The topological polar surface area (TPSA) is 88.1 Å².